The molecule has 2 nitrogen and oxygen atoms in total. The third-order valence-electron chi connectivity index (χ3n) is 10.4. The van der Waals surface area contributed by atoms with Gasteiger partial charge in [0, 0.05) is 5.92 Å². The number of carbonyl (C=O) groups excluding carboxylic acids is 1. The lowest BCUT2D eigenvalue weighted by Gasteiger charge is -2.58. The van der Waals surface area contributed by atoms with Gasteiger partial charge >= 0.3 is 0 Å². The molecule has 0 heterocycles. The van der Waals surface area contributed by atoms with Crippen LogP contribution in [0.4, 0.5) is 0 Å². The number of hydrogen-bond donors (Lipinski definition) is 1. The smallest absolute Gasteiger partial charge is 0.122 e. The van der Waals surface area contributed by atoms with Gasteiger partial charge in [-0.25, -0.2) is 0 Å². The van der Waals surface area contributed by atoms with Crippen molar-refractivity contribution in [1.29, 1.82) is 0 Å². The maximum Gasteiger partial charge on any atom is 0.122 e. The molecule has 0 aromatic carbocycles. The van der Waals surface area contributed by atoms with Gasteiger partial charge in [0.2, 0.25) is 0 Å². The quantitative estimate of drug-likeness (QED) is 0.404. The van der Waals surface area contributed by atoms with Crippen LogP contribution in [-0.2, 0) is 4.79 Å². The Morgan fingerprint density at radius 3 is 2.66 bits per heavy atom. The molecule has 0 aliphatic heterocycles. The standard InChI is InChI=1S/C27H44O2/c1-18(17-28)6-5-7-19(2)23-10-11-24-22-9-8-20-16-21(29)12-14-26(20,3)25(22)13-15-27(23,24)4/h8,17-19,21-25,29H,5-7,9-16H2,1-4H3/t18-,19-,21+,22-,23-,24-,25-,26+,27-/m1/s1. The highest BCUT2D eigenvalue weighted by Gasteiger charge is 2.59. The molecule has 0 spiro atoms. The van der Waals surface area contributed by atoms with Gasteiger partial charge in [-0.3, -0.25) is 0 Å². The molecule has 4 aliphatic rings. The van der Waals surface area contributed by atoms with Gasteiger partial charge in [0.15, 0.2) is 0 Å². The molecule has 0 amide bonds. The second kappa shape index (κ2) is 8.13. The van der Waals surface area contributed by atoms with Gasteiger partial charge in [0.05, 0.1) is 6.10 Å². The fraction of sp³-hybridized carbons (Fsp3) is 0.889. The number of carbonyl (C=O) groups is 1. The van der Waals surface area contributed by atoms with Crippen LogP contribution in [0.5, 0.6) is 0 Å². The van der Waals surface area contributed by atoms with E-state index < -0.39 is 0 Å². The molecule has 164 valence electrons. The number of rotatable bonds is 6. The molecular weight excluding hydrogens is 356 g/mol. The van der Waals surface area contributed by atoms with E-state index in [-0.39, 0.29) is 12.0 Å². The van der Waals surface area contributed by atoms with Crippen LogP contribution >= 0.6 is 0 Å². The summed E-state index contributed by atoms with van der Waals surface area (Å²) in [6, 6.07) is 0. The first-order valence-electron chi connectivity index (χ1n) is 12.6. The van der Waals surface area contributed by atoms with E-state index in [9.17, 15) is 9.90 Å². The molecule has 1 N–H and O–H groups in total. The summed E-state index contributed by atoms with van der Waals surface area (Å²) in [6.45, 7) is 9.73. The highest BCUT2D eigenvalue weighted by molar-refractivity contribution is 5.52. The van der Waals surface area contributed by atoms with Crippen molar-refractivity contribution in [3.8, 4) is 0 Å². The Kier molecular flexibility index (Phi) is 6.06. The molecule has 29 heavy (non-hydrogen) atoms. The van der Waals surface area contributed by atoms with E-state index in [2.05, 4.69) is 33.8 Å². The average Bonchev–Trinajstić information content (AvgIpc) is 3.05. The van der Waals surface area contributed by atoms with Crippen molar-refractivity contribution in [3.63, 3.8) is 0 Å². The Hall–Kier alpha value is -0.630. The SMILES string of the molecule is C[C@H](CCC[C@@H](C)C=O)[C@H]1CC[C@@H]2[C@H]3CC=C4C[C@@H](O)CC[C@]4(C)[C@@H]3CC[C@@]21C. The van der Waals surface area contributed by atoms with Crippen LogP contribution in [0, 0.1) is 46.3 Å². The van der Waals surface area contributed by atoms with E-state index in [1.165, 1.54) is 51.4 Å². The summed E-state index contributed by atoms with van der Waals surface area (Å²) in [5.41, 5.74) is 2.47. The van der Waals surface area contributed by atoms with E-state index in [0.29, 0.717) is 10.8 Å². The van der Waals surface area contributed by atoms with Crippen LogP contribution in [0.1, 0.15) is 98.3 Å². The van der Waals surface area contributed by atoms with Crippen LogP contribution in [-0.4, -0.2) is 17.5 Å². The number of fused-ring (bicyclic) bond motifs is 5. The summed E-state index contributed by atoms with van der Waals surface area (Å²) in [5.74, 6) is 4.48. The van der Waals surface area contributed by atoms with E-state index in [1.54, 1.807) is 5.57 Å². The molecule has 0 aromatic heterocycles. The highest BCUT2D eigenvalue weighted by Crippen LogP contribution is 2.67. The maximum absolute atomic E-state index is 10.9. The Morgan fingerprint density at radius 1 is 1.10 bits per heavy atom. The van der Waals surface area contributed by atoms with Crippen LogP contribution in [0.3, 0.4) is 0 Å². The van der Waals surface area contributed by atoms with Crippen molar-refractivity contribution in [3.05, 3.63) is 11.6 Å². The minimum atomic E-state index is -0.0987. The number of aliphatic hydroxyl groups is 1. The highest BCUT2D eigenvalue weighted by atomic mass is 16.3. The third kappa shape index (κ3) is 3.66. The summed E-state index contributed by atoms with van der Waals surface area (Å²) in [7, 11) is 0. The lowest BCUT2D eigenvalue weighted by atomic mass is 9.47. The van der Waals surface area contributed by atoms with E-state index >= 15 is 0 Å². The molecule has 4 rings (SSSR count). The molecule has 4 aliphatic carbocycles. The van der Waals surface area contributed by atoms with Crippen molar-refractivity contribution in [2.45, 2.75) is 104 Å². The van der Waals surface area contributed by atoms with Crippen molar-refractivity contribution in [2.24, 2.45) is 46.3 Å². The molecule has 0 bridgehead atoms. The Bertz CT molecular complexity index is 638. The fourth-order valence-corrected chi connectivity index (χ4v) is 8.65. The first kappa shape index (κ1) is 21.6. The zero-order valence-electron chi connectivity index (χ0n) is 19.3. The van der Waals surface area contributed by atoms with Gasteiger partial charge in [-0.1, -0.05) is 52.2 Å². The van der Waals surface area contributed by atoms with Crippen molar-refractivity contribution in [2.75, 3.05) is 0 Å². The predicted molar refractivity (Wildman–Crippen MR) is 119 cm³/mol. The minimum absolute atomic E-state index is 0.0987. The van der Waals surface area contributed by atoms with Gasteiger partial charge in [0.1, 0.15) is 6.29 Å². The van der Waals surface area contributed by atoms with Crippen molar-refractivity contribution < 1.29 is 9.90 Å². The Labute approximate surface area is 178 Å². The Morgan fingerprint density at radius 2 is 1.90 bits per heavy atom. The van der Waals surface area contributed by atoms with Crippen LogP contribution in [0.2, 0.25) is 0 Å². The van der Waals surface area contributed by atoms with Crippen LogP contribution in [0.15, 0.2) is 11.6 Å². The molecule has 0 radical (unpaired) electrons. The van der Waals surface area contributed by atoms with Gasteiger partial charge in [-0.2, -0.15) is 0 Å². The molecule has 3 fully saturated rings. The monoisotopic (exact) mass is 400 g/mol. The van der Waals surface area contributed by atoms with Gasteiger partial charge < -0.3 is 9.90 Å². The molecular formula is C27H44O2. The second-order valence-electron chi connectivity index (χ2n) is 11.9. The van der Waals surface area contributed by atoms with Gasteiger partial charge in [0.25, 0.3) is 0 Å². The van der Waals surface area contributed by atoms with Crippen molar-refractivity contribution in [1.82, 2.24) is 0 Å². The third-order valence-corrected chi connectivity index (χ3v) is 10.4. The minimum Gasteiger partial charge on any atom is -0.393 e. The van der Waals surface area contributed by atoms with E-state index in [1.807, 2.05) is 0 Å². The predicted octanol–water partition coefficient (Wildman–Crippen LogP) is 6.57. The summed E-state index contributed by atoms with van der Waals surface area (Å²) < 4.78 is 0. The summed E-state index contributed by atoms with van der Waals surface area (Å²) in [5, 5.41) is 10.2. The number of hydrogen-bond acceptors (Lipinski definition) is 2. The van der Waals surface area contributed by atoms with Gasteiger partial charge in [-0.05, 0) is 98.2 Å². The lowest BCUT2D eigenvalue weighted by Crippen LogP contribution is -2.50. The van der Waals surface area contributed by atoms with E-state index in [4.69, 9.17) is 0 Å². The van der Waals surface area contributed by atoms with Crippen LogP contribution in [0.25, 0.3) is 0 Å². The van der Waals surface area contributed by atoms with Crippen LogP contribution < -0.4 is 0 Å². The lowest BCUT2D eigenvalue weighted by molar-refractivity contribution is -0.110. The fourth-order valence-electron chi connectivity index (χ4n) is 8.65. The van der Waals surface area contributed by atoms with Gasteiger partial charge in [-0.15, -0.1) is 0 Å². The molecule has 2 heteroatoms. The summed E-state index contributed by atoms with van der Waals surface area (Å²) >= 11 is 0. The largest absolute Gasteiger partial charge is 0.393 e. The normalized spacial score (nSPS) is 46.1. The van der Waals surface area contributed by atoms with Crippen molar-refractivity contribution >= 4 is 6.29 Å². The average molecular weight is 401 g/mol. The second-order valence-corrected chi connectivity index (χ2v) is 11.9. The molecule has 9 atom stereocenters. The maximum atomic E-state index is 10.9. The number of aldehydes is 1. The molecule has 0 saturated heterocycles. The zero-order chi connectivity index (χ0) is 20.8. The topological polar surface area (TPSA) is 37.3 Å². The molecule has 0 aromatic rings. The summed E-state index contributed by atoms with van der Waals surface area (Å²) in [4.78, 5) is 10.9. The first-order chi connectivity index (χ1) is 13.8. The Balaban J connectivity index is 1.46. The number of aliphatic hydroxyl groups excluding tert-OH is 1. The molecule has 3 saturated carbocycles. The first-order valence-corrected chi connectivity index (χ1v) is 12.6. The zero-order valence-corrected chi connectivity index (χ0v) is 19.3. The van der Waals surface area contributed by atoms with E-state index in [0.717, 1.165) is 55.1 Å². The molecule has 0 unspecified atom stereocenters. The summed E-state index contributed by atoms with van der Waals surface area (Å²) in [6.07, 6.45) is 17.2. The number of allylic oxidation sites excluding steroid dienone is 1.